The summed E-state index contributed by atoms with van der Waals surface area (Å²) in [5, 5.41) is 0. The van der Waals surface area contributed by atoms with Gasteiger partial charge in [-0.05, 0) is 32.9 Å². The molecule has 0 aromatic heterocycles. The van der Waals surface area contributed by atoms with Crippen LogP contribution in [0.5, 0.6) is 0 Å². The highest BCUT2D eigenvalue weighted by Gasteiger charge is 2.36. The molecule has 1 aliphatic rings. The van der Waals surface area contributed by atoms with Gasteiger partial charge in [0.2, 0.25) is 0 Å². The first-order valence-corrected chi connectivity index (χ1v) is 7.07. The summed E-state index contributed by atoms with van der Waals surface area (Å²) in [6, 6.07) is 10.5. The SMILES string of the molecule is CCCC1COC(C)(C)OC1c1ccccc1.CN. The Hall–Kier alpha value is -0.900. The van der Waals surface area contributed by atoms with Gasteiger partial charge in [-0.2, -0.15) is 0 Å². The highest BCUT2D eigenvalue weighted by molar-refractivity contribution is 5.19. The van der Waals surface area contributed by atoms with Crippen LogP contribution in [0.2, 0.25) is 0 Å². The molecule has 0 amide bonds. The average molecular weight is 265 g/mol. The first-order chi connectivity index (χ1) is 9.12. The van der Waals surface area contributed by atoms with Gasteiger partial charge in [-0.15, -0.1) is 0 Å². The summed E-state index contributed by atoms with van der Waals surface area (Å²) in [6.07, 6.45) is 2.48. The van der Waals surface area contributed by atoms with Crippen LogP contribution < -0.4 is 5.73 Å². The molecule has 0 spiro atoms. The first-order valence-electron chi connectivity index (χ1n) is 7.07. The van der Waals surface area contributed by atoms with Gasteiger partial charge in [-0.25, -0.2) is 0 Å². The minimum absolute atomic E-state index is 0.167. The Labute approximate surface area is 117 Å². The molecule has 0 saturated carbocycles. The molecule has 108 valence electrons. The standard InChI is InChI=1S/C15H22O2.CH5N/c1-4-8-13-11-16-15(2,3)17-14(13)12-9-6-5-7-10-12;1-2/h5-7,9-10,13-14H,4,8,11H2,1-3H3;2H2,1H3. The van der Waals surface area contributed by atoms with Crippen LogP contribution in [0.4, 0.5) is 0 Å². The third kappa shape index (κ3) is 4.60. The van der Waals surface area contributed by atoms with E-state index in [1.165, 1.54) is 19.0 Å². The van der Waals surface area contributed by atoms with E-state index in [-0.39, 0.29) is 6.10 Å². The molecule has 19 heavy (non-hydrogen) atoms. The van der Waals surface area contributed by atoms with Crippen molar-refractivity contribution in [3.8, 4) is 0 Å². The van der Waals surface area contributed by atoms with Crippen molar-refractivity contribution < 1.29 is 9.47 Å². The van der Waals surface area contributed by atoms with E-state index in [4.69, 9.17) is 9.47 Å². The molecule has 2 N–H and O–H groups in total. The van der Waals surface area contributed by atoms with Gasteiger partial charge < -0.3 is 15.2 Å². The van der Waals surface area contributed by atoms with Gasteiger partial charge in [0.25, 0.3) is 0 Å². The van der Waals surface area contributed by atoms with Crippen molar-refractivity contribution in [2.75, 3.05) is 13.7 Å². The summed E-state index contributed by atoms with van der Waals surface area (Å²) < 4.78 is 11.9. The van der Waals surface area contributed by atoms with E-state index in [0.717, 1.165) is 13.0 Å². The zero-order valence-corrected chi connectivity index (χ0v) is 12.6. The van der Waals surface area contributed by atoms with Gasteiger partial charge in [0.15, 0.2) is 5.79 Å². The molecular formula is C16H27NO2. The molecule has 1 fully saturated rings. The predicted molar refractivity (Wildman–Crippen MR) is 78.8 cm³/mol. The van der Waals surface area contributed by atoms with Gasteiger partial charge in [0.1, 0.15) is 0 Å². The summed E-state index contributed by atoms with van der Waals surface area (Å²) in [4.78, 5) is 0. The van der Waals surface area contributed by atoms with Gasteiger partial charge in [-0.1, -0.05) is 43.7 Å². The monoisotopic (exact) mass is 265 g/mol. The van der Waals surface area contributed by atoms with E-state index in [0.29, 0.717) is 5.92 Å². The van der Waals surface area contributed by atoms with Crippen LogP contribution in [0.15, 0.2) is 30.3 Å². The Morgan fingerprint density at radius 2 is 1.84 bits per heavy atom. The summed E-state index contributed by atoms with van der Waals surface area (Å²) in [5.41, 5.74) is 5.77. The van der Waals surface area contributed by atoms with E-state index in [1.807, 2.05) is 19.9 Å². The van der Waals surface area contributed by atoms with E-state index >= 15 is 0 Å². The third-order valence-corrected chi connectivity index (χ3v) is 3.27. The summed E-state index contributed by atoms with van der Waals surface area (Å²) in [5.74, 6) is 0.000476. The minimum Gasteiger partial charge on any atom is -0.350 e. The Balaban J connectivity index is 0.000000861. The van der Waals surface area contributed by atoms with Crippen LogP contribution in [0.1, 0.15) is 45.3 Å². The van der Waals surface area contributed by atoms with Crippen LogP contribution in [0.3, 0.4) is 0 Å². The second kappa shape index (κ2) is 7.63. The number of benzene rings is 1. The molecule has 2 atom stereocenters. The maximum absolute atomic E-state index is 6.10. The normalized spacial score (nSPS) is 25.3. The highest BCUT2D eigenvalue weighted by atomic mass is 16.7. The summed E-state index contributed by atoms with van der Waals surface area (Å²) in [6.45, 7) is 6.98. The fourth-order valence-electron chi connectivity index (χ4n) is 2.42. The zero-order chi connectivity index (χ0) is 14.3. The Bertz CT molecular complexity index is 351. The van der Waals surface area contributed by atoms with Crippen molar-refractivity contribution in [3.63, 3.8) is 0 Å². The maximum Gasteiger partial charge on any atom is 0.163 e. The molecule has 2 unspecified atom stereocenters. The van der Waals surface area contributed by atoms with Crippen LogP contribution in [-0.2, 0) is 9.47 Å². The average Bonchev–Trinajstić information content (AvgIpc) is 2.44. The lowest BCUT2D eigenvalue weighted by molar-refractivity contribution is -0.296. The Morgan fingerprint density at radius 3 is 2.42 bits per heavy atom. The fourth-order valence-corrected chi connectivity index (χ4v) is 2.42. The van der Waals surface area contributed by atoms with Gasteiger partial charge in [0.05, 0.1) is 12.7 Å². The van der Waals surface area contributed by atoms with Crippen LogP contribution >= 0.6 is 0 Å². The Kier molecular flexibility index (Phi) is 6.49. The van der Waals surface area contributed by atoms with E-state index in [9.17, 15) is 0 Å². The third-order valence-electron chi connectivity index (χ3n) is 3.27. The van der Waals surface area contributed by atoms with E-state index in [1.54, 1.807) is 0 Å². The molecule has 3 heteroatoms. The highest BCUT2D eigenvalue weighted by Crippen LogP contribution is 2.38. The summed E-state index contributed by atoms with van der Waals surface area (Å²) in [7, 11) is 1.50. The first kappa shape index (κ1) is 16.2. The molecule has 2 rings (SSSR count). The second-order valence-electron chi connectivity index (χ2n) is 5.21. The number of hydrogen-bond acceptors (Lipinski definition) is 3. The molecular weight excluding hydrogens is 238 g/mol. The van der Waals surface area contributed by atoms with E-state index in [2.05, 4.69) is 36.9 Å². The van der Waals surface area contributed by atoms with Crippen molar-refractivity contribution in [2.24, 2.45) is 11.7 Å². The van der Waals surface area contributed by atoms with Gasteiger partial charge in [-0.3, -0.25) is 0 Å². The molecule has 1 aromatic rings. The lowest BCUT2D eigenvalue weighted by Crippen LogP contribution is -2.41. The minimum atomic E-state index is -0.468. The van der Waals surface area contributed by atoms with Crippen LogP contribution in [-0.4, -0.2) is 19.4 Å². The number of rotatable bonds is 3. The lowest BCUT2D eigenvalue weighted by atomic mass is 9.91. The van der Waals surface area contributed by atoms with Crippen LogP contribution in [0.25, 0.3) is 0 Å². The number of nitrogens with two attached hydrogens (primary N) is 1. The van der Waals surface area contributed by atoms with Crippen LogP contribution in [0, 0.1) is 5.92 Å². The second-order valence-corrected chi connectivity index (χ2v) is 5.21. The summed E-state index contributed by atoms with van der Waals surface area (Å²) >= 11 is 0. The largest absolute Gasteiger partial charge is 0.350 e. The molecule has 0 aliphatic carbocycles. The zero-order valence-electron chi connectivity index (χ0n) is 12.6. The maximum atomic E-state index is 6.10. The topological polar surface area (TPSA) is 44.5 Å². The molecule has 1 saturated heterocycles. The Morgan fingerprint density at radius 1 is 1.21 bits per heavy atom. The molecule has 1 aromatic carbocycles. The van der Waals surface area contributed by atoms with Crippen molar-refractivity contribution in [1.29, 1.82) is 0 Å². The smallest absolute Gasteiger partial charge is 0.163 e. The van der Waals surface area contributed by atoms with Crippen molar-refractivity contribution >= 4 is 0 Å². The predicted octanol–water partition coefficient (Wildman–Crippen LogP) is 3.50. The fraction of sp³-hybridized carbons (Fsp3) is 0.625. The molecule has 0 bridgehead atoms. The van der Waals surface area contributed by atoms with Gasteiger partial charge in [0, 0.05) is 5.92 Å². The van der Waals surface area contributed by atoms with Crippen molar-refractivity contribution in [1.82, 2.24) is 0 Å². The molecule has 3 nitrogen and oxygen atoms in total. The number of hydrogen-bond donors (Lipinski definition) is 1. The van der Waals surface area contributed by atoms with Crippen molar-refractivity contribution in [3.05, 3.63) is 35.9 Å². The lowest BCUT2D eigenvalue weighted by Gasteiger charge is -2.41. The number of ether oxygens (including phenoxy) is 2. The molecule has 1 heterocycles. The quantitative estimate of drug-likeness (QED) is 0.909. The van der Waals surface area contributed by atoms with Gasteiger partial charge >= 0.3 is 0 Å². The molecule has 1 aliphatic heterocycles. The van der Waals surface area contributed by atoms with Crippen molar-refractivity contribution in [2.45, 2.75) is 45.5 Å². The van der Waals surface area contributed by atoms with E-state index < -0.39 is 5.79 Å². The molecule has 0 radical (unpaired) electrons.